The summed E-state index contributed by atoms with van der Waals surface area (Å²) in [5.41, 5.74) is 6.32. The first-order chi connectivity index (χ1) is 6.67. The molecule has 0 heterocycles. The minimum Gasteiger partial charge on any atom is -0.326 e. The van der Waals surface area contributed by atoms with Crippen LogP contribution in [0.25, 0.3) is 0 Å². The van der Waals surface area contributed by atoms with Crippen LogP contribution in [0.1, 0.15) is 5.56 Å². The van der Waals surface area contributed by atoms with E-state index < -0.39 is 11.7 Å². The molecule has 0 aromatic heterocycles. The van der Waals surface area contributed by atoms with E-state index in [-0.39, 0.29) is 6.54 Å². The minimum atomic E-state index is -0.577. The van der Waals surface area contributed by atoms with Gasteiger partial charge in [-0.15, -0.1) is 6.42 Å². The Morgan fingerprint density at radius 2 is 2.36 bits per heavy atom. The third-order valence-electron chi connectivity index (χ3n) is 1.67. The van der Waals surface area contributed by atoms with Crippen LogP contribution in [0.3, 0.4) is 0 Å². The van der Waals surface area contributed by atoms with Crippen molar-refractivity contribution in [2.75, 3.05) is 5.32 Å². The third kappa shape index (κ3) is 2.31. The Morgan fingerprint density at radius 3 is 2.93 bits per heavy atom. The molecule has 4 heteroatoms. The van der Waals surface area contributed by atoms with Crippen molar-refractivity contribution in [2.24, 2.45) is 5.73 Å². The summed E-state index contributed by atoms with van der Waals surface area (Å²) in [6.07, 6.45) is 4.87. The normalized spacial score (nSPS) is 9.21. The van der Waals surface area contributed by atoms with Crippen molar-refractivity contribution in [3.05, 3.63) is 29.6 Å². The quantitative estimate of drug-likeness (QED) is 0.683. The predicted octanol–water partition coefficient (Wildman–Crippen LogP) is 0.856. The lowest BCUT2D eigenvalue weighted by molar-refractivity contribution is -0.111. The van der Waals surface area contributed by atoms with E-state index in [0.717, 1.165) is 0 Å². The number of hydrogen-bond donors (Lipinski definition) is 2. The summed E-state index contributed by atoms with van der Waals surface area (Å²) in [6.45, 7) is 0.137. The molecule has 0 bridgehead atoms. The fourth-order valence-corrected chi connectivity index (χ4v) is 1.01. The topological polar surface area (TPSA) is 55.1 Å². The molecule has 0 saturated carbocycles. The summed E-state index contributed by atoms with van der Waals surface area (Å²) in [5.74, 6) is 0.918. The second-order valence-electron chi connectivity index (χ2n) is 2.60. The Kier molecular flexibility index (Phi) is 3.21. The molecule has 0 fully saturated rings. The zero-order valence-corrected chi connectivity index (χ0v) is 7.38. The molecule has 0 saturated heterocycles. The van der Waals surface area contributed by atoms with E-state index in [4.69, 9.17) is 12.2 Å². The van der Waals surface area contributed by atoms with Crippen molar-refractivity contribution in [2.45, 2.75) is 6.54 Å². The second kappa shape index (κ2) is 4.40. The van der Waals surface area contributed by atoms with Crippen LogP contribution in [0.4, 0.5) is 10.1 Å². The van der Waals surface area contributed by atoms with Crippen molar-refractivity contribution >= 4 is 11.6 Å². The smallest absolute Gasteiger partial charge is 0.300 e. The lowest BCUT2D eigenvalue weighted by atomic mass is 10.1. The molecular formula is C10H9FN2O. The van der Waals surface area contributed by atoms with E-state index in [1.54, 1.807) is 0 Å². The van der Waals surface area contributed by atoms with Gasteiger partial charge in [0.05, 0.1) is 0 Å². The van der Waals surface area contributed by atoms with Crippen molar-refractivity contribution in [3.63, 3.8) is 0 Å². The number of terminal acetylenes is 1. The Balaban J connectivity index is 2.97. The summed E-state index contributed by atoms with van der Waals surface area (Å²) in [7, 11) is 0. The number of carbonyl (C=O) groups is 1. The molecule has 0 aliphatic rings. The predicted molar refractivity (Wildman–Crippen MR) is 51.8 cm³/mol. The average Bonchev–Trinajstić information content (AvgIpc) is 2.20. The van der Waals surface area contributed by atoms with Crippen LogP contribution in [0, 0.1) is 18.2 Å². The van der Waals surface area contributed by atoms with Crippen LogP contribution in [-0.4, -0.2) is 5.91 Å². The molecule has 14 heavy (non-hydrogen) atoms. The van der Waals surface area contributed by atoms with Crippen LogP contribution in [-0.2, 0) is 11.3 Å². The first kappa shape index (κ1) is 10.2. The van der Waals surface area contributed by atoms with E-state index in [1.165, 1.54) is 18.2 Å². The molecule has 3 N–H and O–H groups in total. The monoisotopic (exact) mass is 192 g/mol. The maximum atomic E-state index is 12.7. The van der Waals surface area contributed by atoms with Gasteiger partial charge in [-0.05, 0) is 29.7 Å². The van der Waals surface area contributed by atoms with Crippen LogP contribution < -0.4 is 11.1 Å². The molecule has 1 aromatic carbocycles. The number of anilines is 1. The number of nitrogens with two attached hydrogens (primary N) is 1. The van der Waals surface area contributed by atoms with Gasteiger partial charge in [0, 0.05) is 12.2 Å². The zero-order chi connectivity index (χ0) is 10.6. The number of rotatable bonds is 2. The van der Waals surface area contributed by atoms with E-state index in [0.29, 0.717) is 11.3 Å². The maximum absolute atomic E-state index is 12.7. The number of hydrogen-bond acceptors (Lipinski definition) is 2. The van der Waals surface area contributed by atoms with E-state index in [9.17, 15) is 9.18 Å². The Morgan fingerprint density at radius 1 is 1.64 bits per heavy atom. The van der Waals surface area contributed by atoms with Gasteiger partial charge in [0.15, 0.2) is 0 Å². The maximum Gasteiger partial charge on any atom is 0.300 e. The summed E-state index contributed by atoms with van der Waals surface area (Å²) in [4.78, 5) is 10.9. The molecule has 1 aromatic rings. The summed E-state index contributed by atoms with van der Waals surface area (Å²) < 4.78 is 12.7. The van der Waals surface area contributed by atoms with Gasteiger partial charge in [0.25, 0.3) is 5.91 Å². The molecule has 0 atom stereocenters. The highest BCUT2D eigenvalue weighted by Crippen LogP contribution is 2.16. The van der Waals surface area contributed by atoms with Gasteiger partial charge in [-0.3, -0.25) is 4.79 Å². The SMILES string of the molecule is C#CC(=O)Nc1ccc(F)cc1CN. The molecule has 1 amide bonds. The molecule has 0 aliphatic carbocycles. The molecule has 0 spiro atoms. The van der Waals surface area contributed by atoms with Gasteiger partial charge in [0.2, 0.25) is 0 Å². The molecule has 1 rings (SSSR count). The lowest BCUT2D eigenvalue weighted by Gasteiger charge is -2.06. The second-order valence-corrected chi connectivity index (χ2v) is 2.60. The number of halogens is 1. The number of nitrogens with one attached hydrogen (secondary N) is 1. The van der Waals surface area contributed by atoms with E-state index in [1.807, 2.05) is 5.92 Å². The highest BCUT2D eigenvalue weighted by atomic mass is 19.1. The Hall–Kier alpha value is -1.86. The van der Waals surface area contributed by atoms with Gasteiger partial charge >= 0.3 is 0 Å². The third-order valence-corrected chi connectivity index (χ3v) is 1.67. The Labute approximate surface area is 81.1 Å². The van der Waals surface area contributed by atoms with E-state index >= 15 is 0 Å². The number of amides is 1. The fourth-order valence-electron chi connectivity index (χ4n) is 1.01. The standard InChI is InChI=1S/C10H9FN2O/c1-2-10(14)13-9-4-3-8(11)5-7(9)6-12/h1,3-5H,6,12H2,(H,13,14). The van der Waals surface area contributed by atoms with Crippen LogP contribution in [0.5, 0.6) is 0 Å². The average molecular weight is 192 g/mol. The van der Waals surface area contributed by atoms with Gasteiger partial charge < -0.3 is 11.1 Å². The summed E-state index contributed by atoms with van der Waals surface area (Å²) in [5, 5.41) is 2.42. The highest BCUT2D eigenvalue weighted by Gasteiger charge is 2.04. The number of benzene rings is 1. The van der Waals surface area contributed by atoms with Crippen molar-refractivity contribution < 1.29 is 9.18 Å². The minimum absolute atomic E-state index is 0.137. The first-order valence-electron chi connectivity index (χ1n) is 3.93. The first-order valence-corrected chi connectivity index (χ1v) is 3.93. The van der Waals surface area contributed by atoms with Gasteiger partial charge in [-0.2, -0.15) is 0 Å². The van der Waals surface area contributed by atoms with Crippen molar-refractivity contribution in [3.8, 4) is 12.3 Å². The fraction of sp³-hybridized carbons (Fsp3) is 0.100. The van der Waals surface area contributed by atoms with Crippen LogP contribution in [0.15, 0.2) is 18.2 Å². The molecule has 0 radical (unpaired) electrons. The van der Waals surface area contributed by atoms with Crippen LogP contribution in [0.2, 0.25) is 0 Å². The molecule has 0 unspecified atom stereocenters. The molecule has 72 valence electrons. The Bertz CT molecular complexity index is 396. The largest absolute Gasteiger partial charge is 0.326 e. The van der Waals surface area contributed by atoms with Crippen molar-refractivity contribution in [1.29, 1.82) is 0 Å². The van der Waals surface area contributed by atoms with Gasteiger partial charge in [-0.1, -0.05) is 0 Å². The van der Waals surface area contributed by atoms with Gasteiger partial charge in [0.1, 0.15) is 5.82 Å². The molecular weight excluding hydrogens is 183 g/mol. The summed E-state index contributed by atoms with van der Waals surface area (Å²) in [6, 6.07) is 3.91. The summed E-state index contributed by atoms with van der Waals surface area (Å²) >= 11 is 0. The highest BCUT2D eigenvalue weighted by molar-refractivity contribution is 6.03. The van der Waals surface area contributed by atoms with Gasteiger partial charge in [-0.25, -0.2) is 4.39 Å². The molecule has 0 aliphatic heterocycles. The van der Waals surface area contributed by atoms with Crippen LogP contribution >= 0.6 is 0 Å². The zero-order valence-electron chi connectivity index (χ0n) is 7.38. The van der Waals surface area contributed by atoms with Crippen molar-refractivity contribution in [1.82, 2.24) is 0 Å². The lowest BCUT2D eigenvalue weighted by Crippen LogP contribution is -2.11. The number of carbonyl (C=O) groups excluding carboxylic acids is 1. The van der Waals surface area contributed by atoms with E-state index in [2.05, 4.69) is 5.32 Å². The molecule has 3 nitrogen and oxygen atoms in total.